The van der Waals surface area contributed by atoms with Gasteiger partial charge in [-0.1, -0.05) is 169 Å². The molecular weight excluding hydrogens is 771 g/mol. The lowest BCUT2D eigenvalue weighted by molar-refractivity contribution is 1.05. The largest absolute Gasteiger partial charge is 0.309 e. The summed E-state index contributed by atoms with van der Waals surface area (Å²) in [5.74, 6) is 3.34. The highest BCUT2D eigenvalue weighted by molar-refractivity contribution is 6.26. The molecule has 63 heavy (non-hydrogen) atoms. The molecule has 0 aliphatic carbocycles. The Morgan fingerprint density at radius 3 is 1.52 bits per heavy atom. The molecule has 7 heteroatoms. The van der Waals surface area contributed by atoms with Gasteiger partial charge in [-0.15, -0.1) is 0 Å². The zero-order chi connectivity index (χ0) is 41.9. The Morgan fingerprint density at radius 2 is 0.857 bits per heavy atom. The summed E-state index contributed by atoms with van der Waals surface area (Å²) in [4.78, 5) is 25.7. The lowest BCUT2D eigenvalue weighted by atomic mass is 10.1. The van der Waals surface area contributed by atoms with Crippen LogP contribution in [0.5, 0.6) is 0 Å². The van der Waals surface area contributed by atoms with Crippen LogP contribution in [0.2, 0.25) is 0 Å². The van der Waals surface area contributed by atoms with Crippen LogP contribution in [-0.4, -0.2) is 34.1 Å². The molecule has 0 N–H and O–H groups in total. The first-order valence-corrected chi connectivity index (χ1v) is 21.1. The first kappa shape index (κ1) is 36.3. The summed E-state index contributed by atoms with van der Waals surface area (Å²) in [6.07, 6.45) is 0. The fourth-order valence-corrected chi connectivity index (χ4v) is 8.97. The van der Waals surface area contributed by atoms with Crippen molar-refractivity contribution in [1.29, 1.82) is 0 Å². The summed E-state index contributed by atoms with van der Waals surface area (Å²) in [5.41, 5.74) is 12.1. The van der Waals surface area contributed by atoms with E-state index in [1.165, 1.54) is 0 Å². The molecule has 0 fully saturated rings. The molecule has 0 aliphatic heterocycles. The molecule has 0 saturated carbocycles. The van der Waals surface area contributed by atoms with Crippen molar-refractivity contribution in [3.63, 3.8) is 0 Å². The SMILES string of the molecule is Cc1cccc(-c2nc(-c3ccccc3)nc(-c3cccc(-n4c5ccccc5c5c4ccc4c6ccccc6n(-c6cc(-c7ccccc7)nc(-c7ccccc7)n6)c45)c3)n2)c1. The number of fused-ring (bicyclic) bond motifs is 7. The number of benzene rings is 8. The average Bonchev–Trinajstić information content (AvgIpc) is 3.88. The second-order valence-electron chi connectivity index (χ2n) is 15.8. The molecule has 7 nitrogen and oxygen atoms in total. The van der Waals surface area contributed by atoms with Crippen LogP contribution in [0.1, 0.15) is 5.56 Å². The summed E-state index contributed by atoms with van der Waals surface area (Å²) in [7, 11) is 0. The molecular formula is C56H37N7. The third-order valence-corrected chi connectivity index (χ3v) is 11.8. The maximum atomic E-state index is 5.36. The maximum absolute atomic E-state index is 5.36. The van der Waals surface area contributed by atoms with Crippen molar-refractivity contribution in [2.45, 2.75) is 6.92 Å². The fourth-order valence-electron chi connectivity index (χ4n) is 8.97. The number of hydrogen-bond donors (Lipinski definition) is 0. The standard InChI is InChI=1S/C56H37N7/c1-36-17-15-24-40(33-36)55-59-54(39-22-9-4-10-23-39)60-56(61-55)41-25-16-26-42(34-41)62-48-30-14-12-28-45(48)51-49(62)32-31-44-43-27-11-13-29-47(43)63(52(44)51)50-35-46(37-18-5-2-6-19-37)57-53(58-50)38-20-7-3-8-21-38/h2-35H,1H3. The molecule has 12 rings (SSSR count). The van der Waals surface area contributed by atoms with Gasteiger partial charge in [0.1, 0.15) is 5.82 Å². The molecule has 0 amide bonds. The van der Waals surface area contributed by atoms with E-state index < -0.39 is 0 Å². The van der Waals surface area contributed by atoms with E-state index in [0.29, 0.717) is 23.3 Å². The van der Waals surface area contributed by atoms with Crippen molar-refractivity contribution in [2.75, 3.05) is 0 Å². The van der Waals surface area contributed by atoms with Crippen molar-refractivity contribution < 1.29 is 0 Å². The van der Waals surface area contributed by atoms with E-state index in [1.807, 2.05) is 60.7 Å². The average molecular weight is 808 g/mol. The second kappa shape index (κ2) is 14.9. The molecule has 4 heterocycles. The molecule has 0 saturated heterocycles. The van der Waals surface area contributed by atoms with E-state index in [0.717, 1.165) is 94.2 Å². The van der Waals surface area contributed by atoms with Gasteiger partial charge in [-0.25, -0.2) is 24.9 Å². The third-order valence-electron chi connectivity index (χ3n) is 11.8. The van der Waals surface area contributed by atoms with Crippen molar-refractivity contribution in [1.82, 2.24) is 34.1 Å². The van der Waals surface area contributed by atoms with Gasteiger partial charge in [0.15, 0.2) is 23.3 Å². The molecule has 0 bridgehead atoms. The molecule has 8 aromatic carbocycles. The number of aromatic nitrogens is 7. The van der Waals surface area contributed by atoms with Gasteiger partial charge in [-0.3, -0.25) is 4.57 Å². The zero-order valence-electron chi connectivity index (χ0n) is 34.3. The number of rotatable bonds is 7. The van der Waals surface area contributed by atoms with Crippen molar-refractivity contribution >= 4 is 43.6 Å². The topological polar surface area (TPSA) is 74.3 Å². The van der Waals surface area contributed by atoms with Gasteiger partial charge in [0.25, 0.3) is 0 Å². The normalized spacial score (nSPS) is 11.6. The Labute approximate surface area is 363 Å². The van der Waals surface area contributed by atoms with Crippen LogP contribution < -0.4 is 0 Å². The third kappa shape index (κ3) is 6.25. The minimum atomic E-state index is 0.609. The summed E-state index contributed by atoms with van der Waals surface area (Å²) in [5, 5.41) is 4.58. The number of nitrogens with zero attached hydrogens (tertiary/aromatic N) is 7. The lowest BCUT2D eigenvalue weighted by Gasteiger charge is -2.13. The summed E-state index contributed by atoms with van der Waals surface area (Å²) in [6, 6.07) is 71.5. The smallest absolute Gasteiger partial charge is 0.164 e. The van der Waals surface area contributed by atoms with E-state index >= 15 is 0 Å². The van der Waals surface area contributed by atoms with E-state index in [2.05, 4.69) is 162 Å². The lowest BCUT2D eigenvalue weighted by Crippen LogP contribution is -2.03. The zero-order valence-corrected chi connectivity index (χ0v) is 34.3. The summed E-state index contributed by atoms with van der Waals surface area (Å²) >= 11 is 0. The Morgan fingerprint density at radius 1 is 0.333 bits per heavy atom. The summed E-state index contributed by atoms with van der Waals surface area (Å²) < 4.78 is 4.70. The van der Waals surface area contributed by atoms with E-state index in [9.17, 15) is 0 Å². The first-order chi connectivity index (χ1) is 31.1. The minimum Gasteiger partial charge on any atom is -0.309 e. The predicted molar refractivity (Wildman–Crippen MR) is 256 cm³/mol. The van der Waals surface area contributed by atoms with Crippen molar-refractivity contribution in [2.24, 2.45) is 0 Å². The fraction of sp³-hybridized carbons (Fsp3) is 0.0179. The highest BCUT2D eigenvalue weighted by Gasteiger charge is 2.23. The molecule has 0 spiro atoms. The molecule has 296 valence electrons. The van der Waals surface area contributed by atoms with E-state index in [4.69, 9.17) is 24.9 Å². The highest BCUT2D eigenvalue weighted by Crippen LogP contribution is 2.42. The van der Waals surface area contributed by atoms with Gasteiger partial charge in [0.2, 0.25) is 0 Å². The van der Waals surface area contributed by atoms with Crippen LogP contribution in [0.4, 0.5) is 0 Å². The quantitative estimate of drug-likeness (QED) is 0.160. The van der Waals surface area contributed by atoms with Crippen LogP contribution in [-0.2, 0) is 0 Å². The molecule has 0 aliphatic rings. The van der Waals surface area contributed by atoms with Gasteiger partial charge in [0, 0.05) is 61.1 Å². The Kier molecular flexibility index (Phi) is 8.57. The van der Waals surface area contributed by atoms with Crippen molar-refractivity contribution in [3.8, 4) is 68.3 Å². The van der Waals surface area contributed by atoms with E-state index in [-0.39, 0.29) is 0 Å². The predicted octanol–water partition coefficient (Wildman–Crippen LogP) is 13.5. The second-order valence-corrected chi connectivity index (χ2v) is 15.8. The van der Waals surface area contributed by atoms with Crippen molar-refractivity contribution in [3.05, 3.63) is 212 Å². The van der Waals surface area contributed by atoms with Gasteiger partial charge in [-0.2, -0.15) is 0 Å². The highest BCUT2D eigenvalue weighted by atomic mass is 15.1. The van der Waals surface area contributed by atoms with Crippen LogP contribution in [0, 0.1) is 6.92 Å². The molecule has 0 atom stereocenters. The first-order valence-electron chi connectivity index (χ1n) is 21.1. The number of para-hydroxylation sites is 2. The van der Waals surface area contributed by atoms with Gasteiger partial charge < -0.3 is 4.57 Å². The molecule has 12 aromatic rings. The van der Waals surface area contributed by atoms with Gasteiger partial charge >= 0.3 is 0 Å². The maximum Gasteiger partial charge on any atom is 0.164 e. The van der Waals surface area contributed by atoms with Gasteiger partial charge in [0.05, 0.1) is 27.8 Å². The van der Waals surface area contributed by atoms with Crippen LogP contribution in [0.25, 0.3) is 112 Å². The van der Waals surface area contributed by atoms with Gasteiger partial charge in [-0.05, 0) is 43.3 Å². The number of aryl methyl sites for hydroxylation is 1. The molecule has 0 radical (unpaired) electrons. The van der Waals surface area contributed by atoms with Crippen LogP contribution >= 0.6 is 0 Å². The molecule has 0 unspecified atom stereocenters. The van der Waals surface area contributed by atoms with E-state index in [1.54, 1.807) is 0 Å². The van der Waals surface area contributed by atoms with Crippen LogP contribution in [0.3, 0.4) is 0 Å². The minimum absolute atomic E-state index is 0.609. The Hall–Kier alpha value is -8.55. The Bertz CT molecular complexity index is 3630. The monoisotopic (exact) mass is 807 g/mol. The molecule has 4 aromatic heterocycles. The number of hydrogen-bond acceptors (Lipinski definition) is 5. The summed E-state index contributed by atoms with van der Waals surface area (Å²) in [6.45, 7) is 2.09. The van der Waals surface area contributed by atoms with Crippen LogP contribution in [0.15, 0.2) is 206 Å². The Balaban J connectivity index is 1.11.